The van der Waals surface area contributed by atoms with Gasteiger partial charge in [-0.2, -0.15) is 0 Å². The van der Waals surface area contributed by atoms with E-state index < -0.39 is 6.10 Å². The van der Waals surface area contributed by atoms with Crippen LogP contribution < -0.4 is 0 Å². The number of phenols is 2. The van der Waals surface area contributed by atoms with Crippen molar-refractivity contribution in [2.45, 2.75) is 85.5 Å². The number of aryl methyl sites for hydroxylation is 1. The standard InChI is InChI=1S/C25H36O4/c1-15-9-19(24(3,4)5)10-17(22(15)27)13-29-14-18-11-20(25(6,7)8)12-21(16(2)26)23(18)28/h9-12,16,26-28H,13-14H2,1-8H3. The van der Waals surface area contributed by atoms with Gasteiger partial charge in [0, 0.05) is 16.7 Å². The highest BCUT2D eigenvalue weighted by Crippen LogP contribution is 2.35. The van der Waals surface area contributed by atoms with Gasteiger partial charge >= 0.3 is 0 Å². The monoisotopic (exact) mass is 400 g/mol. The normalized spacial score (nSPS) is 13.6. The molecular weight excluding hydrogens is 364 g/mol. The second-order valence-corrected chi connectivity index (χ2v) is 10.0. The van der Waals surface area contributed by atoms with E-state index in [0.717, 1.165) is 22.3 Å². The molecule has 0 saturated carbocycles. The van der Waals surface area contributed by atoms with E-state index in [1.54, 1.807) is 6.92 Å². The van der Waals surface area contributed by atoms with Crippen LogP contribution in [0.1, 0.15) is 88.0 Å². The Morgan fingerprint density at radius 1 is 0.793 bits per heavy atom. The third-order valence-electron chi connectivity index (χ3n) is 5.30. The van der Waals surface area contributed by atoms with Crippen molar-refractivity contribution < 1.29 is 20.1 Å². The number of aliphatic hydroxyl groups excluding tert-OH is 1. The van der Waals surface area contributed by atoms with Crippen molar-refractivity contribution in [1.29, 1.82) is 0 Å². The van der Waals surface area contributed by atoms with Crippen molar-refractivity contribution in [1.82, 2.24) is 0 Å². The van der Waals surface area contributed by atoms with E-state index in [-0.39, 0.29) is 35.5 Å². The fourth-order valence-corrected chi connectivity index (χ4v) is 3.25. The smallest absolute Gasteiger partial charge is 0.126 e. The summed E-state index contributed by atoms with van der Waals surface area (Å²) in [7, 11) is 0. The van der Waals surface area contributed by atoms with Crippen LogP contribution in [0.2, 0.25) is 0 Å². The molecule has 2 aromatic rings. The predicted octanol–water partition coefficient (Wildman–Crippen LogP) is 5.77. The van der Waals surface area contributed by atoms with Crippen LogP contribution in [-0.2, 0) is 28.8 Å². The molecule has 0 aliphatic rings. The first-order chi connectivity index (χ1) is 13.2. The third-order valence-corrected chi connectivity index (χ3v) is 5.30. The first-order valence-electron chi connectivity index (χ1n) is 10.2. The Bertz CT molecular complexity index is 868. The molecule has 1 atom stereocenters. The zero-order valence-corrected chi connectivity index (χ0v) is 19.1. The zero-order valence-electron chi connectivity index (χ0n) is 19.1. The number of hydrogen-bond donors (Lipinski definition) is 3. The first kappa shape index (κ1) is 23.2. The molecule has 0 aliphatic heterocycles. The van der Waals surface area contributed by atoms with Crippen molar-refractivity contribution in [3.05, 3.63) is 57.6 Å². The van der Waals surface area contributed by atoms with Gasteiger partial charge in [-0.1, -0.05) is 47.6 Å². The first-order valence-corrected chi connectivity index (χ1v) is 10.2. The minimum Gasteiger partial charge on any atom is -0.507 e. The van der Waals surface area contributed by atoms with Gasteiger partial charge in [0.2, 0.25) is 0 Å². The lowest BCUT2D eigenvalue weighted by atomic mass is 9.84. The fraction of sp³-hybridized carbons (Fsp3) is 0.520. The highest BCUT2D eigenvalue weighted by Gasteiger charge is 2.21. The molecule has 0 fully saturated rings. The number of aliphatic hydroxyl groups is 1. The molecule has 1 unspecified atom stereocenters. The van der Waals surface area contributed by atoms with Crippen LogP contribution in [0.3, 0.4) is 0 Å². The second kappa shape index (κ2) is 8.37. The number of rotatable bonds is 5. The molecule has 3 N–H and O–H groups in total. The highest BCUT2D eigenvalue weighted by molar-refractivity contribution is 5.47. The van der Waals surface area contributed by atoms with Crippen molar-refractivity contribution in [2.24, 2.45) is 0 Å². The molecule has 0 saturated heterocycles. The highest BCUT2D eigenvalue weighted by atomic mass is 16.5. The average molecular weight is 401 g/mol. The maximum atomic E-state index is 10.6. The lowest BCUT2D eigenvalue weighted by molar-refractivity contribution is 0.103. The van der Waals surface area contributed by atoms with Gasteiger partial charge in [-0.15, -0.1) is 0 Å². The summed E-state index contributed by atoms with van der Waals surface area (Å²) < 4.78 is 5.89. The van der Waals surface area contributed by atoms with Gasteiger partial charge < -0.3 is 20.1 Å². The van der Waals surface area contributed by atoms with E-state index in [0.29, 0.717) is 11.1 Å². The molecule has 0 radical (unpaired) electrons. The lowest BCUT2D eigenvalue weighted by Gasteiger charge is -2.23. The third kappa shape index (κ3) is 5.52. The molecule has 0 aromatic heterocycles. The summed E-state index contributed by atoms with van der Waals surface area (Å²) in [6, 6.07) is 7.77. The van der Waals surface area contributed by atoms with Gasteiger partial charge in [-0.3, -0.25) is 0 Å². The van der Waals surface area contributed by atoms with Gasteiger partial charge in [-0.05, 0) is 59.6 Å². The molecule has 2 aromatic carbocycles. The Kier molecular flexibility index (Phi) is 6.71. The van der Waals surface area contributed by atoms with E-state index in [1.807, 2.05) is 31.2 Å². The molecule has 4 nitrogen and oxygen atoms in total. The maximum Gasteiger partial charge on any atom is 0.126 e. The topological polar surface area (TPSA) is 69.9 Å². The summed E-state index contributed by atoms with van der Waals surface area (Å²) in [5.74, 6) is 0.312. The van der Waals surface area contributed by atoms with Crippen LogP contribution in [0.25, 0.3) is 0 Å². The van der Waals surface area contributed by atoms with E-state index >= 15 is 0 Å². The van der Waals surface area contributed by atoms with Crippen molar-refractivity contribution >= 4 is 0 Å². The molecule has 0 amide bonds. The van der Waals surface area contributed by atoms with Gasteiger partial charge in [0.05, 0.1) is 19.3 Å². The molecule has 2 rings (SSSR count). The van der Waals surface area contributed by atoms with E-state index in [1.165, 1.54) is 0 Å². The van der Waals surface area contributed by atoms with Gasteiger partial charge in [0.1, 0.15) is 11.5 Å². The summed E-state index contributed by atoms with van der Waals surface area (Å²) in [5, 5.41) is 31.1. The van der Waals surface area contributed by atoms with Crippen molar-refractivity contribution in [3.8, 4) is 11.5 Å². The Morgan fingerprint density at radius 2 is 1.24 bits per heavy atom. The SMILES string of the molecule is Cc1cc(C(C)(C)C)cc(COCc2cc(C(C)(C)C)cc(C(C)O)c2O)c1O. The maximum absolute atomic E-state index is 10.6. The number of phenolic OH excluding ortho intramolecular Hbond substituents is 2. The van der Waals surface area contributed by atoms with E-state index in [4.69, 9.17) is 4.74 Å². The second-order valence-electron chi connectivity index (χ2n) is 10.0. The minimum atomic E-state index is -0.772. The number of benzene rings is 2. The minimum absolute atomic E-state index is 0.0291. The van der Waals surface area contributed by atoms with Crippen LogP contribution in [-0.4, -0.2) is 15.3 Å². The summed E-state index contributed by atoms with van der Waals surface area (Å²) in [6.07, 6.45) is -0.772. The molecule has 29 heavy (non-hydrogen) atoms. The quantitative estimate of drug-likeness (QED) is 0.596. The van der Waals surface area contributed by atoms with Crippen LogP contribution >= 0.6 is 0 Å². The van der Waals surface area contributed by atoms with Crippen LogP contribution in [0.5, 0.6) is 11.5 Å². The molecule has 0 aliphatic carbocycles. The molecule has 0 bridgehead atoms. The van der Waals surface area contributed by atoms with Crippen LogP contribution in [0, 0.1) is 6.92 Å². The van der Waals surface area contributed by atoms with E-state index in [9.17, 15) is 15.3 Å². The Morgan fingerprint density at radius 3 is 1.69 bits per heavy atom. The molecule has 0 spiro atoms. The predicted molar refractivity (Wildman–Crippen MR) is 117 cm³/mol. The molecular formula is C25H36O4. The summed E-state index contributed by atoms with van der Waals surface area (Å²) in [4.78, 5) is 0. The average Bonchev–Trinajstić information content (AvgIpc) is 2.57. The number of hydrogen-bond acceptors (Lipinski definition) is 4. The Balaban J connectivity index is 2.29. The zero-order chi connectivity index (χ0) is 22.1. The van der Waals surface area contributed by atoms with Crippen LogP contribution in [0.15, 0.2) is 24.3 Å². The number of aromatic hydroxyl groups is 2. The summed E-state index contributed by atoms with van der Waals surface area (Å²) in [5.41, 5.74) is 4.71. The molecule has 160 valence electrons. The molecule has 0 heterocycles. The van der Waals surface area contributed by atoms with Gasteiger partial charge in [0.25, 0.3) is 0 Å². The molecule has 4 heteroatoms. The summed E-state index contributed by atoms with van der Waals surface area (Å²) >= 11 is 0. The Labute approximate surface area is 175 Å². The number of ether oxygens (including phenoxy) is 1. The van der Waals surface area contributed by atoms with Gasteiger partial charge in [-0.25, -0.2) is 0 Å². The van der Waals surface area contributed by atoms with E-state index in [2.05, 4.69) is 41.5 Å². The van der Waals surface area contributed by atoms with Gasteiger partial charge in [0.15, 0.2) is 0 Å². The van der Waals surface area contributed by atoms with Crippen LogP contribution in [0.4, 0.5) is 0 Å². The lowest BCUT2D eigenvalue weighted by Crippen LogP contribution is -2.13. The van der Waals surface area contributed by atoms with Crippen molar-refractivity contribution in [3.63, 3.8) is 0 Å². The van der Waals surface area contributed by atoms with Crippen molar-refractivity contribution in [2.75, 3.05) is 0 Å². The Hall–Kier alpha value is -2.04. The summed E-state index contributed by atoms with van der Waals surface area (Å²) in [6.45, 7) is 16.6. The fourth-order valence-electron chi connectivity index (χ4n) is 3.25. The largest absolute Gasteiger partial charge is 0.507 e.